The SMILES string of the molecule is CC(C)NC(=O)CNCc1ccsc1C(=O)O. The molecule has 5 nitrogen and oxygen atoms in total. The molecule has 94 valence electrons. The summed E-state index contributed by atoms with van der Waals surface area (Å²) in [5.41, 5.74) is 0.708. The number of hydrogen-bond donors (Lipinski definition) is 3. The maximum absolute atomic E-state index is 11.3. The first-order valence-electron chi connectivity index (χ1n) is 5.30. The van der Waals surface area contributed by atoms with Crippen molar-refractivity contribution in [2.75, 3.05) is 6.54 Å². The molecular formula is C11H16N2O3S. The zero-order valence-electron chi connectivity index (χ0n) is 9.82. The van der Waals surface area contributed by atoms with E-state index in [1.54, 1.807) is 11.4 Å². The van der Waals surface area contributed by atoms with Crippen LogP contribution in [0, 0.1) is 0 Å². The second-order valence-electron chi connectivity index (χ2n) is 3.91. The van der Waals surface area contributed by atoms with E-state index in [2.05, 4.69) is 10.6 Å². The number of carboxylic acid groups (broad SMARTS) is 1. The molecule has 0 unspecified atom stereocenters. The molecule has 0 saturated heterocycles. The number of nitrogens with one attached hydrogen (secondary N) is 2. The molecular weight excluding hydrogens is 240 g/mol. The molecule has 17 heavy (non-hydrogen) atoms. The zero-order chi connectivity index (χ0) is 12.8. The lowest BCUT2D eigenvalue weighted by molar-refractivity contribution is -0.120. The molecule has 0 fully saturated rings. The molecule has 0 atom stereocenters. The molecule has 0 spiro atoms. The van der Waals surface area contributed by atoms with E-state index in [1.807, 2.05) is 13.8 Å². The summed E-state index contributed by atoms with van der Waals surface area (Å²) in [6.45, 7) is 4.35. The first kappa shape index (κ1) is 13.7. The van der Waals surface area contributed by atoms with E-state index >= 15 is 0 Å². The van der Waals surface area contributed by atoms with E-state index in [-0.39, 0.29) is 18.5 Å². The van der Waals surface area contributed by atoms with Crippen LogP contribution in [-0.4, -0.2) is 29.6 Å². The van der Waals surface area contributed by atoms with Gasteiger partial charge < -0.3 is 15.7 Å². The number of amides is 1. The first-order chi connectivity index (χ1) is 8.00. The van der Waals surface area contributed by atoms with Crippen molar-refractivity contribution < 1.29 is 14.7 Å². The summed E-state index contributed by atoms with van der Waals surface area (Å²) in [5.74, 6) is -1.02. The van der Waals surface area contributed by atoms with Crippen LogP contribution < -0.4 is 10.6 Å². The minimum atomic E-state index is -0.927. The summed E-state index contributed by atoms with van der Waals surface area (Å²) in [6.07, 6.45) is 0. The zero-order valence-corrected chi connectivity index (χ0v) is 10.6. The lowest BCUT2D eigenvalue weighted by Crippen LogP contribution is -2.37. The molecule has 0 aliphatic rings. The molecule has 0 aliphatic carbocycles. The van der Waals surface area contributed by atoms with Crippen molar-refractivity contribution in [3.05, 3.63) is 21.9 Å². The number of aromatic carboxylic acids is 1. The Hall–Kier alpha value is -1.40. The van der Waals surface area contributed by atoms with Gasteiger partial charge in [0.05, 0.1) is 6.54 Å². The van der Waals surface area contributed by atoms with E-state index < -0.39 is 5.97 Å². The predicted octanol–water partition coefficient (Wildman–Crippen LogP) is 1.06. The summed E-state index contributed by atoms with van der Waals surface area (Å²) in [6, 6.07) is 1.86. The second-order valence-corrected chi connectivity index (χ2v) is 4.82. The second kappa shape index (κ2) is 6.36. The van der Waals surface area contributed by atoms with Crippen molar-refractivity contribution in [3.8, 4) is 0 Å². The van der Waals surface area contributed by atoms with Crippen LogP contribution in [-0.2, 0) is 11.3 Å². The number of hydrogen-bond acceptors (Lipinski definition) is 4. The molecule has 1 amide bonds. The third-order valence-electron chi connectivity index (χ3n) is 1.99. The van der Waals surface area contributed by atoms with Crippen LogP contribution in [0.3, 0.4) is 0 Å². The van der Waals surface area contributed by atoms with Crippen molar-refractivity contribution in [1.29, 1.82) is 0 Å². The Bertz CT molecular complexity index is 401. The molecule has 0 saturated carbocycles. The Morgan fingerprint density at radius 2 is 2.18 bits per heavy atom. The summed E-state index contributed by atoms with van der Waals surface area (Å²) in [7, 11) is 0. The highest BCUT2D eigenvalue weighted by Gasteiger charge is 2.11. The number of carboxylic acids is 1. The van der Waals surface area contributed by atoms with Gasteiger partial charge in [-0.3, -0.25) is 4.79 Å². The van der Waals surface area contributed by atoms with Gasteiger partial charge in [-0.05, 0) is 30.9 Å². The largest absolute Gasteiger partial charge is 0.477 e. The molecule has 1 heterocycles. The van der Waals surface area contributed by atoms with Crippen molar-refractivity contribution in [1.82, 2.24) is 10.6 Å². The van der Waals surface area contributed by atoms with Gasteiger partial charge in [0.25, 0.3) is 0 Å². The molecule has 1 rings (SSSR count). The van der Waals surface area contributed by atoms with E-state index in [1.165, 1.54) is 11.3 Å². The van der Waals surface area contributed by atoms with Crippen molar-refractivity contribution in [3.63, 3.8) is 0 Å². The maximum atomic E-state index is 11.3. The van der Waals surface area contributed by atoms with Gasteiger partial charge in [-0.15, -0.1) is 11.3 Å². The average molecular weight is 256 g/mol. The van der Waals surface area contributed by atoms with Crippen LogP contribution in [0.15, 0.2) is 11.4 Å². The van der Waals surface area contributed by atoms with Gasteiger partial charge >= 0.3 is 5.97 Å². The maximum Gasteiger partial charge on any atom is 0.346 e. The average Bonchev–Trinajstić information content (AvgIpc) is 2.64. The van der Waals surface area contributed by atoms with E-state index in [9.17, 15) is 9.59 Å². The van der Waals surface area contributed by atoms with Crippen LogP contribution in [0.1, 0.15) is 29.1 Å². The van der Waals surface area contributed by atoms with Crippen LogP contribution in [0.4, 0.5) is 0 Å². The minimum Gasteiger partial charge on any atom is -0.477 e. The Kier molecular flexibility index (Phi) is 5.11. The molecule has 1 aromatic rings. The molecule has 0 aliphatic heterocycles. The van der Waals surface area contributed by atoms with E-state index in [0.29, 0.717) is 17.0 Å². The number of carbonyl (C=O) groups is 2. The highest BCUT2D eigenvalue weighted by molar-refractivity contribution is 7.12. The number of carbonyl (C=O) groups excluding carboxylic acids is 1. The van der Waals surface area contributed by atoms with Crippen LogP contribution in [0.2, 0.25) is 0 Å². The third-order valence-corrected chi connectivity index (χ3v) is 2.94. The number of rotatable bonds is 6. The summed E-state index contributed by atoms with van der Waals surface area (Å²) in [4.78, 5) is 22.5. The highest BCUT2D eigenvalue weighted by atomic mass is 32.1. The number of thiophene rings is 1. The van der Waals surface area contributed by atoms with Crippen molar-refractivity contribution >= 4 is 23.2 Å². The fraction of sp³-hybridized carbons (Fsp3) is 0.455. The minimum absolute atomic E-state index is 0.0906. The fourth-order valence-electron chi connectivity index (χ4n) is 1.35. The molecule has 0 radical (unpaired) electrons. The third kappa shape index (κ3) is 4.54. The van der Waals surface area contributed by atoms with Crippen molar-refractivity contribution in [2.24, 2.45) is 0 Å². The van der Waals surface area contributed by atoms with Gasteiger partial charge in [0, 0.05) is 12.6 Å². The Morgan fingerprint density at radius 1 is 1.47 bits per heavy atom. The van der Waals surface area contributed by atoms with Gasteiger partial charge in [0.1, 0.15) is 4.88 Å². The molecule has 0 bridgehead atoms. The first-order valence-corrected chi connectivity index (χ1v) is 6.18. The van der Waals surface area contributed by atoms with Gasteiger partial charge in [-0.25, -0.2) is 4.79 Å². The lowest BCUT2D eigenvalue weighted by atomic mass is 10.2. The molecule has 6 heteroatoms. The topological polar surface area (TPSA) is 78.4 Å². The lowest BCUT2D eigenvalue weighted by Gasteiger charge is -2.08. The molecule has 0 aromatic carbocycles. The quantitative estimate of drug-likeness (QED) is 0.711. The molecule has 3 N–H and O–H groups in total. The summed E-state index contributed by atoms with van der Waals surface area (Å²) >= 11 is 1.19. The van der Waals surface area contributed by atoms with Crippen LogP contribution in [0.5, 0.6) is 0 Å². The van der Waals surface area contributed by atoms with E-state index in [4.69, 9.17) is 5.11 Å². The highest BCUT2D eigenvalue weighted by Crippen LogP contribution is 2.16. The smallest absolute Gasteiger partial charge is 0.346 e. The van der Waals surface area contributed by atoms with Gasteiger partial charge in [0.2, 0.25) is 5.91 Å². The van der Waals surface area contributed by atoms with Gasteiger partial charge in [-0.2, -0.15) is 0 Å². The Balaban J connectivity index is 2.38. The van der Waals surface area contributed by atoms with Gasteiger partial charge in [0.15, 0.2) is 0 Å². The van der Waals surface area contributed by atoms with E-state index in [0.717, 1.165) is 0 Å². The monoisotopic (exact) mass is 256 g/mol. The standard InChI is InChI=1S/C11H16N2O3S/c1-7(2)13-9(14)6-12-5-8-3-4-17-10(8)11(15)16/h3-4,7,12H,5-6H2,1-2H3,(H,13,14)(H,15,16). The summed E-state index contributed by atoms with van der Waals surface area (Å²) in [5, 5.41) is 16.3. The van der Waals surface area contributed by atoms with Crippen LogP contribution in [0.25, 0.3) is 0 Å². The Labute approximate surface area is 104 Å². The normalized spacial score (nSPS) is 10.5. The van der Waals surface area contributed by atoms with Gasteiger partial charge in [-0.1, -0.05) is 0 Å². The van der Waals surface area contributed by atoms with Crippen molar-refractivity contribution in [2.45, 2.75) is 26.4 Å². The summed E-state index contributed by atoms with van der Waals surface area (Å²) < 4.78 is 0. The fourth-order valence-corrected chi connectivity index (χ4v) is 2.11. The Morgan fingerprint density at radius 3 is 2.76 bits per heavy atom. The van der Waals surface area contributed by atoms with Crippen LogP contribution >= 0.6 is 11.3 Å². The predicted molar refractivity (Wildman–Crippen MR) is 66.3 cm³/mol. The molecule has 1 aromatic heterocycles.